The predicted octanol–water partition coefficient (Wildman–Crippen LogP) is 3.08. The van der Waals surface area contributed by atoms with E-state index in [-0.39, 0.29) is 11.7 Å². The van der Waals surface area contributed by atoms with Gasteiger partial charge >= 0.3 is 6.09 Å². The average Bonchev–Trinajstić information content (AvgIpc) is 2.79. The minimum absolute atomic E-state index is 0.152. The predicted molar refractivity (Wildman–Crippen MR) is 89.1 cm³/mol. The lowest BCUT2D eigenvalue weighted by Crippen LogP contribution is -2.46. The van der Waals surface area contributed by atoms with E-state index in [4.69, 9.17) is 9.47 Å². The maximum absolute atomic E-state index is 11.8. The second-order valence-electron chi connectivity index (χ2n) is 7.75. The van der Waals surface area contributed by atoms with Gasteiger partial charge in [0.2, 0.25) is 0 Å². The van der Waals surface area contributed by atoms with Gasteiger partial charge in [-0.3, -0.25) is 0 Å². The molecule has 0 heterocycles. The smallest absolute Gasteiger partial charge is 0.407 e. The fourth-order valence-electron chi connectivity index (χ4n) is 2.90. The van der Waals surface area contributed by atoms with Crippen molar-refractivity contribution in [2.75, 3.05) is 19.7 Å². The lowest BCUT2D eigenvalue weighted by atomic mass is 10.0. The van der Waals surface area contributed by atoms with Crippen LogP contribution < -0.4 is 10.6 Å². The number of hydrogen-bond donors (Lipinski definition) is 2. The van der Waals surface area contributed by atoms with Crippen LogP contribution in [0.25, 0.3) is 0 Å². The molecule has 1 aliphatic rings. The molecule has 5 nitrogen and oxygen atoms in total. The maximum Gasteiger partial charge on any atom is 0.407 e. The van der Waals surface area contributed by atoms with Crippen LogP contribution in [-0.2, 0) is 9.47 Å². The first-order valence-electron chi connectivity index (χ1n) is 8.47. The van der Waals surface area contributed by atoms with E-state index in [1.54, 1.807) is 0 Å². The molecule has 0 aromatic heterocycles. The van der Waals surface area contributed by atoms with Crippen LogP contribution in [0.4, 0.5) is 4.79 Å². The largest absolute Gasteiger partial charge is 0.444 e. The zero-order valence-electron chi connectivity index (χ0n) is 15.1. The Morgan fingerprint density at radius 3 is 2.45 bits per heavy atom. The Morgan fingerprint density at radius 2 is 1.86 bits per heavy atom. The first-order chi connectivity index (χ1) is 10.1. The molecule has 0 aliphatic heterocycles. The molecule has 22 heavy (non-hydrogen) atoms. The quantitative estimate of drug-likeness (QED) is 0.758. The molecule has 2 N–H and O–H groups in total. The lowest BCUT2D eigenvalue weighted by molar-refractivity contribution is -0.0114. The van der Waals surface area contributed by atoms with Crippen molar-refractivity contribution in [1.82, 2.24) is 10.6 Å². The SMILES string of the molecule is CCOC(C)(C)CNC1CCCC1CNC(=O)OC(C)(C)C. The van der Waals surface area contributed by atoms with Crippen molar-refractivity contribution in [2.24, 2.45) is 5.92 Å². The van der Waals surface area contributed by atoms with Gasteiger partial charge in [-0.05, 0) is 60.3 Å². The summed E-state index contributed by atoms with van der Waals surface area (Å²) in [5.41, 5.74) is -0.598. The molecule has 5 heteroatoms. The third kappa shape index (κ3) is 7.45. The van der Waals surface area contributed by atoms with Gasteiger partial charge in [0.25, 0.3) is 0 Å². The van der Waals surface area contributed by atoms with Crippen LogP contribution in [-0.4, -0.2) is 43.0 Å². The third-order valence-corrected chi connectivity index (χ3v) is 3.89. The van der Waals surface area contributed by atoms with E-state index in [0.717, 1.165) is 26.0 Å². The highest BCUT2D eigenvalue weighted by Crippen LogP contribution is 2.25. The summed E-state index contributed by atoms with van der Waals surface area (Å²) in [5, 5.41) is 6.51. The standard InChI is InChI=1S/C17H34N2O3/c1-7-21-17(5,6)12-19-14-10-8-9-13(14)11-18-15(20)22-16(2,3)4/h13-14,19H,7-12H2,1-6H3,(H,18,20). The Bertz CT molecular complexity index is 350. The van der Waals surface area contributed by atoms with Crippen LogP contribution in [0.3, 0.4) is 0 Å². The molecular formula is C17H34N2O3. The van der Waals surface area contributed by atoms with Gasteiger partial charge in [-0.25, -0.2) is 4.79 Å². The maximum atomic E-state index is 11.8. The molecule has 0 bridgehead atoms. The average molecular weight is 314 g/mol. The van der Waals surface area contributed by atoms with Gasteiger partial charge in [-0.2, -0.15) is 0 Å². The van der Waals surface area contributed by atoms with Crippen molar-refractivity contribution < 1.29 is 14.3 Å². The van der Waals surface area contributed by atoms with Gasteiger partial charge in [0.15, 0.2) is 0 Å². The molecule has 1 rings (SSSR count). The second-order valence-corrected chi connectivity index (χ2v) is 7.75. The molecule has 1 fully saturated rings. The molecule has 2 unspecified atom stereocenters. The van der Waals surface area contributed by atoms with E-state index in [1.165, 1.54) is 6.42 Å². The van der Waals surface area contributed by atoms with E-state index in [9.17, 15) is 4.79 Å². The van der Waals surface area contributed by atoms with E-state index in [0.29, 0.717) is 18.5 Å². The zero-order chi connectivity index (χ0) is 16.8. The summed E-state index contributed by atoms with van der Waals surface area (Å²) in [7, 11) is 0. The number of carbonyl (C=O) groups excluding carboxylic acids is 1. The molecule has 1 aliphatic carbocycles. The monoisotopic (exact) mass is 314 g/mol. The lowest BCUT2D eigenvalue weighted by Gasteiger charge is -2.29. The minimum atomic E-state index is -0.446. The minimum Gasteiger partial charge on any atom is -0.444 e. The number of ether oxygens (including phenoxy) is 2. The fourth-order valence-corrected chi connectivity index (χ4v) is 2.90. The Hall–Kier alpha value is -0.810. The van der Waals surface area contributed by atoms with Crippen LogP contribution in [0.1, 0.15) is 60.8 Å². The molecule has 0 saturated heterocycles. The highest BCUT2D eigenvalue weighted by Gasteiger charge is 2.29. The Kier molecular flexibility index (Phi) is 7.13. The summed E-state index contributed by atoms with van der Waals surface area (Å²) in [5.74, 6) is 0.463. The van der Waals surface area contributed by atoms with Crippen LogP contribution in [0.5, 0.6) is 0 Å². The number of alkyl carbamates (subject to hydrolysis) is 1. The molecule has 0 spiro atoms. The number of amides is 1. The summed E-state index contributed by atoms with van der Waals surface area (Å²) in [4.78, 5) is 11.8. The van der Waals surface area contributed by atoms with Gasteiger partial charge in [0, 0.05) is 25.7 Å². The number of nitrogens with one attached hydrogen (secondary N) is 2. The van der Waals surface area contributed by atoms with Gasteiger partial charge in [0.1, 0.15) is 5.60 Å². The zero-order valence-corrected chi connectivity index (χ0v) is 15.1. The molecule has 0 radical (unpaired) electrons. The van der Waals surface area contributed by atoms with Crippen molar-refractivity contribution >= 4 is 6.09 Å². The van der Waals surface area contributed by atoms with Crippen LogP contribution in [0.2, 0.25) is 0 Å². The second kappa shape index (κ2) is 8.16. The molecule has 0 aromatic carbocycles. The number of carbonyl (C=O) groups is 1. The molecule has 1 saturated carbocycles. The van der Waals surface area contributed by atoms with Crippen molar-refractivity contribution in [3.05, 3.63) is 0 Å². The van der Waals surface area contributed by atoms with Gasteiger partial charge < -0.3 is 20.1 Å². The summed E-state index contributed by atoms with van der Waals surface area (Å²) in [6.07, 6.45) is 3.17. The number of rotatable bonds is 7. The van der Waals surface area contributed by atoms with Crippen molar-refractivity contribution in [2.45, 2.75) is 78.0 Å². The molecule has 2 atom stereocenters. The highest BCUT2D eigenvalue weighted by molar-refractivity contribution is 5.67. The van der Waals surface area contributed by atoms with Crippen molar-refractivity contribution in [3.8, 4) is 0 Å². The van der Waals surface area contributed by atoms with Crippen LogP contribution in [0.15, 0.2) is 0 Å². The first kappa shape index (κ1) is 19.2. The van der Waals surface area contributed by atoms with E-state index in [1.807, 2.05) is 27.7 Å². The summed E-state index contributed by atoms with van der Waals surface area (Å²) < 4.78 is 11.0. The van der Waals surface area contributed by atoms with Gasteiger partial charge in [0.05, 0.1) is 5.60 Å². The Balaban J connectivity index is 2.36. The highest BCUT2D eigenvalue weighted by atomic mass is 16.6. The summed E-state index contributed by atoms with van der Waals surface area (Å²) in [6, 6.07) is 0.440. The summed E-state index contributed by atoms with van der Waals surface area (Å²) >= 11 is 0. The van der Waals surface area contributed by atoms with Crippen molar-refractivity contribution in [1.29, 1.82) is 0 Å². The fraction of sp³-hybridized carbons (Fsp3) is 0.941. The molecule has 130 valence electrons. The van der Waals surface area contributed by atoms with Crippen LogP contribution >= 0.6 is 0 Å². The summed E-state index contributed by atoms with van der Waals surface area (Å²) in [6.45, 7) is 14.1. The number of hydrogen-bond acceptors (Lipinski definition) is 4. The van der Waals surface area contributed by atoms with Gasteiger partial charge in [-0.15, -0.1) is 0 Å². The topological polar surface area (TPSA) is 59.6 Å². The Morgan fingerprint density at radius 1 is 1.18 bits per heavy atom. The Labute approximate surface area is 135 Å². The van der Waals surface area contributed by atoms with E-state index < -0.39 is 5.60 Å². The third-order valence-electron chi connectivity index (χ3n) is 3.89. The molecule has 1 amide bonds. The van der Waals surface area contributed by atoms with E-state index >= 15 is 0 Å². The van der Waals surface area contributed by atoms with Crippen LogP contribution in [0, 0.1) is 5.92 Å². The van der Waals surface area contributed by atoms with Crippen molar-refractivity contribution in [3.63, 3.8) is 0 Å². The van der Waals surface area contributed by atoms with E-state index in [2.05, 4.69) is 24.5 Å². The first-order valence-corrected chi connectivity index (χ1v) is 8.47. The normalized spacial score (nSPS) is 22.6. The van der Waals surface area contributed by atoms with Gasteiger partial charge in [-0.1, -0.05) is 6.42 Å². The molecular weight excluding hydrogens is 280 g/mol. The molecule has 0 aromatic rings.